The zero-order valence-electron chi connectivity index (χ0n) is 49.7. The molecule has 1 N–H and O–H groups in total. The number of benzene rings is 6. The van der Waals surface area contributed by atoms with E-state index in [-0.39, 0.29) is 45.9 Å². The van der Waals surface area contributed by atoms with Gasteiger partial charge >= 0.3 is 5.97 Å². The van der Waals surface area contributed by atoms with Gasteiger partial charge in [-0.25, -0.2) is 4.79 Å². The van der Waals surface area contributed by atoms with Crippen molar-refractivity contribution in [2.45, 2.75) is 157 Å². The van der Waals surface area contributed by atoms with Crippen LogP contribution < -0.4 is 18.9 Å². The zero-order chi connectivity index (χ0) is 56.4. The van der Waals surface area contributed by atoms with Crippen LogP contribution in [0.3, 0.4) is 0 Å². The molecule has 0 amide bonds. The SMILES string of the molecule is CC(C)(C)c1cc2c3c(c1)Cc1cc(C(C)(C)C)cc(c1OCCOc1cc4ccccc4cc1C(=O)O)Cc1cc(C(C)(C)C)cc(c1C(C)(C)C)Cc1cc(C(C)(C)C)cc(c1OCCOCCOCCOCCO3)C2. The minimum atomic E-state index is -1.04. The van der Waals surface area contributed by atoms with E-state index < -0.39 is 5.97 Å². The lowest BCUT2D eigenvalue weighted by Gasteiger charge is -2.32. The maximum absolute atomic E-state index is 12.6. The van der Waals surface area contributed by atoms with Crippen molar-refractivity contribution in [3.05, 3.63) is 163 Å². The molecule has 6 aromatic carbocycles. The van der Waals surface area contributed by atoms with Crippen molar-refractivity contribution in [3.63, 3.8) is 0 Å². The van der Waals surface area contributed by atoms with Crippen molar-refractivity contribution in [1.82, 2.24) is 0 Å². The van der Waals surface area contributed by atoms with Gasteiger partial charge in [-0.2, -0.15) is 0 Å². The van der Waals surface area contributed by atoms with Gasteiger partial charge in [-0.15, -0.1) is 0 Å². The van der Waals surface area contributed by atoms with Crippen LogP contribution in [-0.4, -0.2) is 77.1 Å². The normalized spacial score (nSPS) is 15.5. The average Bonchev–Trinajstić information content (AvgIpc) is 3.33. The van der Waals surface area contributed by atoms with Crippen molar-refractivity contribution < 1.29 is 43.1 Å². The summed E-state index contributed by atoms with van der Waals surface area (Å²) in [6.45, 7) is 38.2. The molecule has 1 aliphatic heterocycles. The van der Waals surface area contributed by atoms with E-state index in [0.717, 1.165) is 61.4 Å². The predicted molar refractivity (Wildman–Crippen MR) is 316 cm³/mol. The van der Waals surface area contributed by atoms with Crippen LogP contribution in [0.1, 0.15) is 187 Å². The van der Waals surface area contributed by atoms with Crippen molar-refractivity contribution in [3.8, 4) is 23.0 Å². The molecule has 6 aromatic rings. The largest absolute Gasteiger partial charge is 0.491 e. The fourth-order valence-electron chi connectivity index (χ4n) is 10.9. The number of carbonyl (C=O) groups is 1. The van der Waals surface area contributed by atoms with Crippen LogP contribution in [0.25, 0.3) is 10.8 Å². The van der Waals surface area contributed by atoms with E-state index in [1.54, 1.807) is 6.07 Å². The molecule has 78 heavy (non-hydrogen) atoms. The molecule has 0 unspecified atom stereocenters. The molecule has 9 nitrogen and oxygen atoms in total. The van der Waals surface area contributed by atoms with E-state index in [1.807, 2.05) is 30.3 Å². The number of fused-ring (bicyclic) bond motifs is 5. The molecule has 8 rings (SSSR count). The second-order valence-electron chi connectivity index (χ2n) is 26.7. The molecule has 0 atom stereocenters. The molecule has 9 heteroatoms. The maximum atomic E-state index is 12.6. The van der Waals surface area contributed by atoms with Crippen molar-refractivity contribution in [2.24, 2.45) is 0 Å². The van der Waals surface area contributed by atoms with Gasteiger partial charge in [-0.05, 0) is 122 Å². The summed E-state index contributed by atoms with van der Waals surface area (Å²) in [5, 5.41) is 12.1. The van der Waals surface area contributed by atoms with Crippen LogP contribution in [0.5, 0.6) is 23.0 Å². The molecule has 1 heterocycles. The number of ether oxygens (including phenoxy) is 7. The predicted octanol–water partition coefficient (Wildman–Crippen LogP) is 15.0. The van der Waals surface area contributed by atoms with Gasteiger partial charge in [0.05, 0.1) is 39.6 Å². The van der Waals surface area contributed by atoms with Gasteiger partial charge < -0.3 is 38.3 Å². The molecular formula is C69H88O9. The summed E-state index contributed by atoms with van der Waals surface area (Å²) in [7, 11) is 0. The van der Waals surface area contributed by atoms with E-state index in [9.17, 15) is 9.90 Å². The molecule has 0 spiro atoms. The monoisotopic (exact) mass is 1060 g/mol. The highest BCUT2D eigenvalue weighted by molar-refractivity contribution is 5.97. The van der Waals surface area contributed by atoms with Gasteiger partial charge in [0.1, 0.15) is 55.0 Å². The topological polar surface area (TPSA) is 102 Å². The molecule has 10 bridgehead atoms. The quantitative estimate of drug-likeness (QED) is 0.163. The van der Waals surface area contributed by atoms with Gasteiger partial charge in [0, 0.05) is 25.7 Å². The first-order valence-electron chi connectivity index (χ1n) is 28.3. The first-order chi connectivity index (χ1) is 36.6. The summed E-state index contributed by atoms with van der Waals surface area (Å²) in [5.74, 6) is 1.80. The zero-order valence-corrected chi connectivity index (χ0v) is 49.7. The second kappa shape index (κ2) is 23.5. The standard InChI is InChI=1S/C69H88O9/c1-65(2,3)54-34-46-30-48-36-55(66(4,5)6)38-50-32-52-40-57(68(10,11)12)41-53(63(52)77-27-25-74-23-21-72-20-22-73-24-26-76-61(48)50)33-51-39-56(67(7,8)9)37-49(31-47(35-54)60(46)69(13,14)15)62(51)78-29-28-75-59-43-45-19-17-16-18-44(45)42-58(59)64(70)71/h16-19,34-43H,20-33H2,1-15H3,(H,70,71). The molecule has 2 aliphatic rings. The van der Waals surface area contributed by atoms with Crippen LogP contribution in [-0.2, 0) is 67.0 Å². The number of hydrogen-bond donors (Lipinski definition) is 1. The molecular weight excluding hydrogens is 973 g/mol. The van der Waals surface area contributed by atoms with Gasteiger partial charge in [-0.3, -0.25) is 0 Å². The van der Waals surface area contributed by atoms with Gasteiger partial charge in [0.15, 0.2) is 0 Å². The third kappa shape index (κ3) is 14.1. The van der Waals surface area contributed by atoms with E-state index in [2.05, 4.69) is 152 Å². The smallest absolute Gasteiger partial charge is 0.339 e. The highest BCUT2D eigenvalue weighted by Crippen LogP contribution is 2.45. The molecule has 1 aliphatic carbocycles. The molecule has 0 radical (unpaired) electrons. The highest BCUT2D eigenvalue weighted by Gasteiger charge is 2.32. The molecule has 0 saturated heterocycles. The van der Waals surface area contributed by atoms with Crippen LogP contribution in [0.15, 0.2) is 84.9 Å². The Bertz CT molecular complexity index is 3110. The minimum absolute atomic E-state index is 0.116. The maximum Gasteiger partial charge on any atom is 0.339 e. The Hall–Kier alpha value is -5.87. The Balaban J connectivity index is 1.41. The Morgan fingerprint density at radius 2 is 0.756 bits per heavy atom. The molecule has 418 valence electrons. The molecule has 0 saturated carbocycles. The Morgan fingerprint density at radius 1 is 0.423 bits per heavy atom. The van der Waals surface area contributed by atoms with Crippen molar-refractivity contribution >= 4 is 16.7 Å². The summed E-state index contributed by atoms with van der Waals surface area (Å²) in [6, 6.07) is 30.3. The van der Waals surface area contributed by atoms with Crippen molar-refractivity contribution in [1.29, 1.82) is 0 Å². The van der Waals surface area contributed by atoms with E-state index in [0.29, 0.717) is 84.3 Å². The lowest BCUT2D eigenvalue weighted by molar-refractivity contribution is 0.00474. The summed E-state index contributed by atoms with van der Waals surface area (Å²) < 4.78 is 46.0. The third-order valence-corrected chi connectivity index (χ3v) is 15.1. The second-order valence-corrected chi connectivity index (χ2v) is 26.7. The first kappa shape index (κ1) is 58.3. The Kier molecular flexibility index (Phi) is 17.5. The Labute approximate surface area is 466 Å². The Morgan fingerprint density at radius 3 is 1.15 bits per heavy atom. The summed E-state index contributed by atoms with van der Waals surface area (Å²) in [4.78, 5) is 12.6. The summed E-state index contributed by atoms with van der Waals surface area (Å²) in [6.07, 6.45) is 2.33. The van der Waals surface area contributed by atoms with Gasteiger partial charge in [-0.1, -0.05) is 177 Å². The first-order valence-corrected chi connectivity index (χ1v) is 28.3. The van der Waals surface area contributed by atoms with Crippen LogP contribution >= 0.6 is 0 Å². The highest BCUT2D eigenvalue weighted by atomic mass is 16.6. The van der Waals surface area contributed by atoms with E-state index in [1.165, 1.54) is 38.9 Å². The number of carboxylic acid groups (broad SMARTS) is 1. The molecule has 0 aromatic heterocycles. The number of aromatic carboxylic acids is 1. The average molecular weight is 1060 g/mol. The van der Waals surface area contributed by atoms with E-state index >= 15 is 0 Å². The van der Waals surface area contributed by atoms with Crippen molar-refractivity contribution in [2.75, 3.05) is 66.1 Å². The number of hydrogen-bond acceptors (Lipinski definition) is 8. The number of carboxylic acids is 1. The fourth-order valence-corrected chi connectivity index (χ4v) is 10.9. The summed E-state index contributed by atoms with van der Waals surface area (Å²) >= 11 is 0. The van der Waals surface area contributed by atoms with E-state index in [4.69, 9.17) is 33.2 Å². The van der Waals surface area contributed by atoms with Crippen LogP contribution in [0.2, 0.25) is 0 Å². The van der Waals surface area contributed by atoms with Crippen LogP contribution in [0.4, 0.5) is 0 Å². The summed E-state index contributed by atoms with van der Waals surface area (Å²) in [5.41, 5.74) is 14.4. The van der Waals surface area contributed by atoms with Gasteiger partial charge in [0.2, 0.25) is 0 Å². The third-order valence-electron chi connectivity index (χ3n) is 15.1. The lowest BCUT2D eigenvalue weighted by atomic mass is 9.73. The molecule has 0 fully saturated rings. The fraction of sp³-hybridized carbons (Fsp3) is 0.493. The lowest BCUT2D eigenvalue weighted by Crippen LogP contribution is -2.22. The minimum Gasteiger partial charge on any atom is -0.491 e. The van der Waals surface area contributed by atoms with Crippen LogP contribution in [0, 0.1) is 0 Å². The number of rotatable bonds is 6. The van der Waals surface area contributed by atoms with Gasteiger partial charge in [0.25, 0.3) is 0 Å².